The second-order valence-electron chi connectivity index (χ2n) is 9.07. The van der Waals surface area contributed by atoms with Crippen LogP contribution in [0.15, 0.2) is 78.9 Å². The normalized spacial score (nSPS) is 12.5. The number of hydrogen-bond donors (Lipinski definition) is 1. The van der Waals surface area contributed by atoms with Gasteiger partial charge in [0.1, 0.15) is 6.04 Å². The molecule has 0 aliphatic heterocycles. The minimum Gasteiger partial charge on any atom is -0.352 e. The van der Waals surface area contributed by atoms with E-state index in [1.807, 2.05) is 68.4 Å². The Morgan fingerprint density at radius 3 is 2.22 bits per heavy atom. The van der Waals surface area contributed by atoms with Crippen molar-refractivity contribution in [1.82, 2.24) is 10.2 Å². The van der Waals surface area contributed by atoms with Gasteiger partial charge < -0.3 is 10.2 Å². The van der Waals surface area contributed by atoms with Crippen LogP contribution in [0.1, 0.15) is 43.4 Å². The van der Waals surface area contributed by atoms with Crippen LogP contribution in [0.4, 0.5) is 0 Å². The average Bonchev–Trinajstić information content (AvgIpc) is 2.90. The molecule has 1 N–H and O–H groups in total. The maximum absolute atomic E-state index is 13.7. The first-order valence-electron chi connectivity index (χ1n) is 12.6. The van der Waals surface area contributed by atoms with E-state index < -0.39 is 6.04 Å². The lowest BCUT2D eigenvalue weighted by Gasteiger charge is -2.32. The Hall–Kier alpha value is -2.47. The number of hydrogen-bond acceptors (Lipinski definition) is 3. The highest BCUT2D eigenvalue weighted by Gasteiger charge is 2.31. The smallest absolute Gasteiger partial charge is 0.243 e. The summed E-state index contributed by atoms with van der Waals surface area (Å²) in [4.78, 5) is 28.9. The fourth-order valence-electron chi connectivity index (χ4n) is 3.90. The third-order valence-corrected chi connectivity index (χ3v) is 7.82. The van der Waals surface area contributed by atoms with Crippen molar-refractivity contribution in [1.29, 1.82) is 0 Å². The van der Waals surface area contributed by atoms with Crippen LogP contribution in [0.3, 0.4) is 0 Å². The van der Waals surface area contributed by atoms with E-state index >= 15 is 0 Å². The molecular formula is C30H34Cl2N2O2S. The number of rotatable bonds is 13. The van der Waals surface area contributed by atoms with E-state index in [0.717, 1.165) is 23.3 Å². The third kappa shape index (κ3) is 9.41. The van der Waals surface area contributed by atoms with Gasteiger partial charge in [0.25, 0.3) is 0 Å². The van der Waals surface area contributed by atoms with Crippen molar-refractivity contribution in [2.45, 2.75) is 57.5 Å². The zero-order valence-electron chi connectivity index (χ0n) is 21.3. The molecule has 0 aromatic heterocycles. The van der Waals surface area contributed by atoms with E-state index in [4.69, 9.17) is 23.2 Å². The predicted octanol–water partition coefficient (Wildman–Crippen LogP) is 7.17. The SMILES string of the molecule is CC[C@H](C)NC(=O)[C@@H](Cc1ccccc1)N(Cc1ccc(Cl)cc1Cl)C(=O)CCSCc1ccccc1. The molecule has 0 bridgehead atoms. The molecule has 2 atom stereocenters. The first-order chi connectivity index (χ1) is 17.9. The summed E-state index contributed by atoms with van der Waals surface area (Å²) in [6.45, 7) is 4.22. The molecule has 0 heterocycles. The Kier molecular flexibility index (Phi) is 11.8. The van der Waals surface area contributed by atoms with Crippen LogP contribution in [0.25, 0.3) is 0 Å². The van der Waals surface area contributed by atoms with Crippen LogP contribution in [0, 0.1) is 0 Å². The van der Waals surface area contributed by atoms with E-state index in [1.54, 1.807) is 28.8 Å². The second kappa shape index (κ2) is 15.1. The summed E-state index contributed by atoms with van der Waals surface area (Å²) in [7, 11) is 0. The molecule has 0 spiro atoms. The molecule has 0 saturated heterocycles. The molecule has 2 amide bonds. The van der Waals surface area contributed by atoms with E-state index in [9.17, 15) is 9.59 Å². The molecule has 7 heteroatoms. The summed E-state index contributed by atoms with van der Waals surface area (Å²) >= 11 is 14.3. The topological polar surface area (TPSA) is 49.4 Å². The predicted molar refractivity (Wildman–Crippen MR) is 156 cm³/mol. The van der Waals surface area contributed by atoms with Crippen molar-refractivity contribution < 1.29 is 9.59 Å². The van der Waals surface area contributed by atoms with E-state index in [1.165, 1.54) is 5.56 Å². The van der Waals surface area contributed by atoms with Gasteiger partial charge >= 0.3 is 0 Å². The van der Waals surface area contributed by atoms with Crippen molar-refractivity contribution in [3.8, 4) is 0 Å². The first-order valence-corrected chi connectivity index (χ1v) is 14.5. The third-order valence-electron chi connectivity index (χ3n) is 6.20. The van der Waals surface area contributed by atoms with E-state index in [-0.39, 0.29) is 24.4 Å². The molecule has 196 valence electrons. The van der Waals surface area contributed by atoms with Crippen molar-refractivity contribution >= 4 is 46.8 Å². The molecule has 3 aromatic rings. The Labute approximate surface area is 234 Å². The fraction of sp³-hybridized carbons (Fsp3) is 0.333. The van der Waals surface area contributed by atoms with Crippen LogP contribution >= 0.6 is 35.0 Å². The molecule has 0 aliphatic carbocycles. The lowest BCUT2D eigenvalue weighted by atomic mass is 10.0. The Morgan fingerprint density at radius 2 is 1.59 bits per heavy atom. The molecule has 0 unspecified atom stereocenters. The van der Waals surface area contributed by atoms with Gasteiger partial charge in [-0.2, -0.15) is 11.8 Å². The second-order valence-corrected chi connectivity index (χ2v) is 11.0. The summed E-state index contributed by atoms with van der Waals surface area (Å²) in [5.74, 6) is 1.25. The molecule has 4 nitrogen and oxygen atoms in total. The van der Waals surface area contributed by atoms with Gasteiger partial charge in [0.05, 0.1) is 0 Å². The summed E-state index contributed by atoms with van der Waals surface area (Å²) in [6.07, 6.45) is 1.54. The van der Waals surface area contributed by atoms with E-state index in [0.29, 0.717) is 28.6 Å². The quantitative estimate of drug-likeness (QED) is 0.227. The molecule has 0 aliphatic rings. The number of benzene rings is 3. The lowest BCUT2D eigenvalue weighted by Crippen LogP contribution is -2.52. The highest BCUT2D eigenvalue weighted by atomic mass is 35.5. The summed E-state index contributed by atoms with van der Waals surface area (Å²) in [5, 5.41) is 4.09. The highest BCUT2D eigenvalue weighted by Crippen LogP contribution is 2.25. The van der Waals surface area contributed by atoms with Gasteiger partial charge in [-0.25, -0.2) is 0 Å². The van der Waals surface area contributed by atoms with Gasteiger partial charge in [0, 0.05) is 47.0 Å². The summed E-state index contributed by atoms with van der Waals surface area (Å²) in [5.41, 5.74) is 2.97. The van der Waals surface area contributed by atoms with Crippen molar-refractivity contribution in [3.05, 3.63) is 106 Å². The molecule has 0 fully saturated rings. The number of thioether (sulfide) groups is 1. The number of carbonyl (C=O) groups is 2. The first kappa shape index (κ1) is 29.1. The van der Waals surface area contributed by atoms with Gasteiger partial charge in [0.2, 0.25) is 11.8 Å². The van der Waals surface area contributed by atoms with Crippen molar-refractivity contribution in [2.24, 2.45) is 0 Å². The largest absolute Gasteiger partial charge is 0.352 e. The Morgan fingerprint density at radius 1 is 0.946 bits per heavy atom. The fourth-order valence-corrected chi connectivity index (χ4v) is 5.26. The zero-order valence-corrected chi connectivity index (χ0v) is 23.7. The van der Waals surface area contributed by atoms with Gasteiger partial charge in [-0.1, -0.05) is 96.9 Å². The summed E-state index contributed by atoms with van der Waals surface area (Å²) < 4.78 is 0. The van der Waals surface area contributed by atoms with Crippen molar-refractivity contribution in [2.75, 3.05) is 5.75 Å². The summed E-state index contributed by atoms with van der Waals surface area (Å²) in [6, 6.07) is 24.6. The lowest BCUT2D eigenvalue weighted by molar-refractivity contribution is -0.141. The molecule has 0 saturated carbocycles. The van der Waals surface area contributed by atoms with Crippen LogP contribution in [-0.2, 0) is 28.3 Å². The molecule has 3 rings (SSSR count). The number of amides is 2. The van der Waals surface area contributed by atoms with Crippen LogP contribution < -0.4 is 5.32 Å². The van der Waals surface area contributed by atoms with Gasteiger partial charge in [0.15, 0.2) is 0 Å². The average molecular weight is 558 g/mol. The van der Waals surface area contributed by atoms with Gasteiger partial charge in [-0.15, -0.1) is 0 Å². The number of nitrogens with one attached hydrogen (secondary N) is 1. The monoisotopic (exact) mass is 556 g/mol. The highest BCUT2D eigenvalue weighted by molar-refractivity contribution is 7.98. The Balaban J connectivity index is 1.84. The van der Waals surface area contributed by atoms with E-state index in [2.05, 4.69) is 17.4 Å². The van der Waals surface area contributed by atoms with Crippen molar-refractivity contribution in [3.63, 3.8) is 0 Å². The standard InChI is InChI=1S/C30H34Cl2N2O2S/c1-3-22(2)33-30(36)28(18-23-10-6-4-7-11-23)34(20-25-14-15-26(31)19-27(25)32)29(35)16-17-37-21-24-12-8-5-9-13-24/h4-15,19,22,28H,3,16-18,20-21H2,1-2H3,(H,33,36)/t22-,28+/m0/s1. The minimum atomic E-state index is -0.672. The molecule has 0 radical (unpaired) electrons. The molecule has 37 heavy (non-hydrogen) atoms. The molecular weight excluding hydrogens is 523 g/mol. The maximum atomic E-state index is 13.7. The molecule has 3 aromatic carbocycles. The van der Waals surface area contributed by atoms with Gasteiger partial charge in [-0.3, -0.25) is 9.59 Å². The number of carbonyl (C=O) groups excluding carboxylic acids is 2. The van der Waals surface area contributed by atoms with Gasteiger partial charge in [-0.05, 0) is 42.2 Å². The van der Waals surface area contributed by atoms with Crippen LogP contribution in [-0.4, -0.2) is 34.6 Å². The van der Waals surface area contributed by atoms with Crippen LogP contribution in [0.2, 0.25) is 10.0 Å². The van der Waals surface area contributed by atoms with Crippen LogP contribution in [0.5, 0.6) is 0 Å². The zero-order chi connectivity index (χ0) is 26.6. The maximum Gasteiger partial charge on any atom is 0.243 e. The Bertz CT molecular complexity index is 1140. The minimum absolute atomic E-state index is 0.00303. The number of nitrogens with zero attached hydrogens (tertiary/aromatic N) is 1. The number of halogens is 2.